The van der Waals surface area contributed by atoms with Crippen molar-refractivity contribution in [3.05, 3.63) is 71.3 Å². The van der Waals surface area contributed by atoms with Gasteiger partial charge in [-0.2, -0.15) is 0 Å². The summed E-state index contributed by atoms with van der Waals surface area (Å²) in [6, 6.07) is 16.1. The number of aliphatic hydroxyl groups excluding tert-OH is 1. The number of nitrogens with zero attached hydrogens (tertiary/aromatic N) is 1. The Labute approximate surface area is 339 Å². The molecular formula is C47H83NO6S. The number of carbonyl (C=O) groups is 1. The van der Waals surface area contributed by atoms with Crippen molar-refractivity contribution in [2.24, 2.45) is 0 Å². The Morgan fingerprint density at radius 2 is 0.964 bits per heavy atom. The third-order valence-corrected chi connectivity index (χ3v) is 10.9. The molecule has 8 heteroatoms. The number of hydrogen-bond acceptors (Lipinski definition) is 6. The molecule has 0 saturated carbocycles. The van der Waals surface area contributed by atoms with E-state index in [0.29, 0.717) is 17.4 Å². The van der Waals surface area contributed by atoms with E-state index in [1.807, 2.05) is 30.3 Å². The first-order chi connectivity index (χ1) is 26.6. The second-order valence-electron chi connectivity index (χ2n) is 15.5. The van der Waals surface area contributed by atoms with Crippen LogP contribution in [0.15, 0.2) is 54.6 Å². The topological polar surface area (TPSA) is 104 Å². The van der Waals surface area contributed by atoms with Gasteiger partial charge in [-0.05, 0) is 43.2 Å². The lowest BCUT2D eigenvalue weighted by molar-refractivity contribution is -0.929. The highest BCUT2D eigenvalue weighted by Crippen LogP contribution is 2.20. The van der Waals surface area contributed by atoms with Gasteiger partial charge in [-0.1, -0.05) is 205 Å². The van der Waals surface area contributed by atoms with Crippen LogP contribution in [0.25, 0.3) is 0 Å². The Bertz CT molecular complexity index is 1180. The van der Waals surface area contributed by atoms with Gasteiger partial charge in [0.1, 0.15) is 6.29 Å². The molecule has 0 spiro atoms. The molecule has 1 N–H and O–H groups in total. The molecule has 0 aliphatic rings. The van der Waals surface area contributed by atoms with Crippen LogP contribution in [0.3, 0.4) is 0 Å². The minimum absolute atomic E-state index is 0.275. The zero-order valence-corrected chi connectivity index (χ0v) is 36.8. The summed E-state index contributed by atoms with van der Waals surface area (Å²) in [6.45, 7) is 17.0. The number of unbranched alkanes of at least 4 members (excludes halogenated alkanes) is 17. The Morgan fingerprint density at radius 3 is 1.33 bits per heavy atom. The van der Waals surface area contributed by atoms with Crippen LogP contribution < -0.4 is 0 Å². The van der Waals surface area contributed by atoms with Crippen molar-refractivity contribution in [1.82, 2.24) is 0 Å². The van der Waals surface area contributed by atoms with E-state index in [-0.39, 0.29) is 12.7 Å². The molecule has 2 aromatic rings. The molecule has 1 unspecified atom stereocenters. The van der Waals surface area contributed by atoms with Crippen LogP contribution in [0.5, 0.6) is 0 Å². The number of aliphatic hydroxyl groups is 1. The summed E-state index contributed by atoms with van der Waals surface area (Å²) in [5.41, 5.74) is 2.04. The third-order valence-electron chi connectivity index (χ3n) is 10.4. The van der Waals surface area contributed by atoms with E-state index in [1.54, 1.807) is 0 Å². The van der Waals surface area contributed by atoms with Gasteiger partial charge >= 0.3 is 0 Å². The average molecular weight is 790 g/mol. The van der Waals surface area contributed by atoms with Gasteiger partial charge in [0.05, 0.1) is 38.9 Å². The monoisotopic (exact) mass is 790 g/mol. The summed E-state index contributed by atoms with van der Waals surface area (Å²) in [5, 5.41) is 10.1. The number of hydrogen-bond donors (Lipinski definition) is 1. The highest BCUT2D eigenvalue weighted by atomic mass is 32.3. The molecule has 2 aromatic carbocycles. The first-order valence-electron chi connectivity index (χ1n) is 22.3. The maximum absolute atomic E-state index is 10.3. The molecule has 0 saturated heterocycles. The van der Waals surface area contributed by atoms with E-state index in [4.69, 9.17) is 0 Å². The lowest BCUT2D eigenvalue weighted by Crippen LogP contribution is -2.50. The fourth-order valence-electron chi connectivity index (χ4n) is 6.85. The second kappa shape index (κ2) is 36.3. The van der Waals surface area contributed by atoms with Crippen LogP contribution in [0, 0.1) is 0 Å². The molecule has 55 heavy (non-hydrogen) atoms. The van der Waals surface area contributed by atoms with Crippen molar-refractivity contribution >= 4 is 16.7 Å². The molecule has 0 amide bonds. The van der Waals surface area contributed by atoms with Crippen LogP contribution in [-0.4, -0.2) is 55.0 Å². The minimum Gasteiger partial charge on any atom is -0.726 e. The van der Waals surface area contributed by atoms with Gasteiger partial charge in [0, 0.05) is 5.56 Å². The predicted octanol–water partition coefficient (Wildman–Crippen LogP) is 13.1. The predicted molar refractivity (Wildman–Crippen MR) is 232 cm³/mol. The third kappa shape index (κ3) is 31.6. The van der Waals surface area contributed by atoms with E-state index < -0.39 is 10.4 Å². The Kier molecular flexibility index (Phi) is 34.9. The average Bonchev–Trinajstić information content (AvgIpc) is 3.20. The van der Waals surface area contributed by atoms with E-state index >= 15 is 0 Å². The van der Waals surface area contributed by atoms with Crippen LogP contribution in [0.2, 0.25) is 0 Å². The molecular weight excluding hydrogens is 707 g/mol. The van der Waals surface area contributed by atoms with Crippen molar-refractivity contribution in [2.45, 2.75) is 195 Å². The Morgan fingerprint density at radius 1 is 0.582 bits per heavy atom. The molecule has 0 fully saturated rings. The second-order valence-corrected chi connectivity index (χ2v) is 16.5. The molecule has 0 aliphatic heterocycles. The minimum atomic E-state index is -4.66. The van der Waals surface area contributed by atoms with Gasteiger partial charge < -0.3 is 14.1 Å². The maximum atomic E-state index is 10.3. The highest BCUT2D eigenvalue weighted by Gasteiger charge is 2.24. The first-order valence-corrected chi connectivity index (χ1v) is 23.7. The van der Waals surface area contributed by atoms with Crippen molar-refractivity contribution < 1.29 is 31.5 Å². The standard InChI is InChI=1S/C23H40O.C16H36N.C8H8O5S/c1-2-3-4-5-6-7-8-9-10-11-12-13-14-18-21-23(24)22-19-16-15-17-20-22;1-5-9-13-17(14-10-6-2,15-11-7-3)16-12-8-4;9-5-7-1-3-8(4-2-7)6-13-14(10,11)12/h15-17,19-20,23-24H,2-14,18,21H2,1H3;5-16H2,1-4H3;1-5H,6H2,(H,10,11,12)/q;+1;/p-1. The van der Waals surface area contributed by atoms with Crippen molar-refractivity contribution in [3.63, 3.8) is 0 Å². The molecule has 0 aromatic heterocycles. The Hall–Kier alpha value is -2.10. The number of aldehydes is 1. The summed E-state index contributed by atoms with van der Waals surface area (Å²) in [7, 11) is -4.66. The fourth-order valence-corrected chi connectivity index (χ4v) is 7.13. The van der Waals surface area contributed by atoms with Crippen molar-refractivity contribution in [2.75, 3.05) is 26.2 Å². The van der Waals surface area contributed by atoms with Gasteiger partial charge in [-0.15, -0.1) is 0 Å². The van der Waals surface area contributed by atoms with E-state index in [0.717, 1.165) is 18.4 Å². The van der Waals surface area contributed by atoms with Gasteiger partial charge in [-0.3, -0.25) is 8.98 Å². The molecule has 0 radical (unpaired) electrons. The molecule has 7 nitrogen and oxygen atoms in total. The zero-order valence-electron chi connectivity index (χ0n) is 36.0. The summed E-state index contributed by atoms with van der Waals surface area (Å²) >= 11 is 0. The highest BCUT2D eigenvalue weighted by molar-refractivity contribution is 7.80. The van der Waals surface area contributed by atoms with Crippen LogP contribution in [-0.2, 0) is 21.2 Å². The molecule has 1 atom stereocenters. The summed E-state index contributed by atoms with van der Waals surface area (Å²) in [6.07, 6.45) is 31.7. The molecule has 318 valence electrons. The maximum Gasteiger partial charge on any atom is 0.217 e. The van der Waals surface area contributed by atoms with Gasteiger partial charge in [0.25, 0.3) is 0 Å². The van der Waals surface area contributed by atoms with Crippen LogP contribution in [0.1, 0.15) is 210 Å². The Balaban J connectivity index is 0.000000830. The lowest BCUT2D eigenvalue weighted by Gasteiger charge is -2.39. The van der Waals surface area contributed by atoms with Crippen LogP contribution >= 0.6 is 0 Å². The quantitative estimate of drug-likeness (QED) is 0.0260. The van der Waals surface area contributed by atoms with Crippen LogP contribution in [0.4, 0.5) is 0 Å². The molecule has 2 rings (SSSR count). The SMILES string of the molecule is CCCCCCCCCCCCCCCCC(O)c1ccccc1.CCCC[N+](CCCC)(CCCC)CCCC.O=Cc1ccc(COS(=O)(=O)[O-])cc1. The van der Waals surface area contributed by atoms with Crippen molar-refractivity contribution in [3.8, 4) is 0 Å². The summed E-state index contributed by atoms with van der Waals surface area (Å²) in [5.74, 6) is 0. The van der Waals surface area contributed by atoms with Crippen molar-refractivity contribution in [1.29, 1.82) is 0 Å². The number of rotatable bonds is 32. The fraction of sp³-hybridized carbons (Fsp3) is 0.723. The summed E-state index contributed by atoms with van der Waals surface area (Å²) < 4.78 is 35.7. The van der Waals surface area contributed by atoms with Gasteiger partial charge in [-0.25, -0.2) is 8.42 Å². The normalized spacial score (nSPS) is 12.0. The van der Waals surface area contributed by atoms with Gasteiger partial charge in [0.15, 0.2) is 0 Å². The largest absolute Gasteiger partial charge is 0.726 e. The molecule has 0 aliphatic carbocycles. The van der Waals surface area contributed by atoms with E-state index in [1.165, 1.54) is 190 Å². The smallest absolute Gasteiger partial charge is 0.217 e. The number of carbonyl (C=O) groups excluding carboxylic acids is 1. The van der Waals surface area contributed by atoms with E-state index in [2.05, 4.69) is 38.8 Å². The van der Waals surface area contributed by atoms with E-state index in [9.17, 15) is 22.9 Å². The first kappa shape index (κ1) is 52.9. The molecule has 0 bridgehead atoms. The summed E-state index contributed by atoms with van der Waals surface area (Å²) in [4.78, 5) is 10.3. The number of benzene rings is 2. The lowest BCUT2D eigenvalue weighted by atomic mass is 10.0. The number of quaternary nitrogens is 1. The zero-order chi connectivity index (χ0) is 40.9. The molecule has 0 heterocycles. The van der Waals surface area contributed by atoms with Gasteiger partial charge in [0.2, 0.25) is 10.4 Å².